The third-order valence-corrected chi connectivity index (χ3v) is 7.87. The lowest BCUT2D eigenvalue weighted by atomic mass is 10.1. The molecule has 0 saturated carbocycles. The molecule has 1 aliphatic rings. The van der Waals surface area contributed by atoms with Crippen LogP contribution in [0.25, 0.3) is 0 Å². The molecule has 1 rings (SSSR count). The van der Waals surface area contributed by atoms with Gasteiger partial charge in [0.1, 0.15) is 0 Å². The third-order valence-electron chi connectivity index (χ3n) is 7.87. The van der Waals surface area contributed by atoms with Crippen LogP contribution in [-0.4, -0.2) is 86.7 Å². The highest BCUT2D eigenvalue weighted by atomic mass is 15.3. The maximum atomic E-state index is 3.76. The molecule has 4 heteroatoms. The van der Waals surface area contributed by atoms with E-state index in [1.807, 2.05) is 0 Å². The number of hydrogen-bond acceptors (Lipinski definition) is 4. The summed E-state index contributed by atoms with van der Waals surface area (Å²) in [5.41, 5.74) is 0. The Hall–Kier alpha value is -0.160. The molecule has 4 nitrogen and oxygen atoms in total. The van der Waals surface area contributed by atoms with E-state index in [1.165, 1.54) is 168 Å². The van der Waals surface area contributed by atoms with E-state index in [9.17, 15) is 0 Å². The van der Waals surface area contributed by atoms with E-state index in [1.54, 1.807) is 0 Å². The van der Waals surface area contributed by atoms with Crippen molar-refractivity contribution in [3.05, 3.63) is 0 Å². The van der Waals surface area contributed by atoms with Crippen LogP contribution < -0.4 is 5.32 Å². The van der Waals surface area contributed by atoms with Crippen molar-refractivity contribution in [2.45, 2.75) is 130 Å². The molecule has 1 aliphatic heterocycles. The molecule has 0 amide bonds. The van der Waals surface area contributed by atoms with Gasteiger partial charge >= 0.3 is 0 Å². The van der Waals surface area contributed by atoms with E-state index in [0.717, 1.165) is 13.1 Å². The van der Waals surface area contributed by atoms with Gasteiger partial charge in [-0.05, 0) is 38.9 Å². The summed E-state index contributed by atoms with van der Waals surface area (Å²) in [6.45, 7) is 20.6. The Kier molecular flexibility index (Phi) is 23.9. The van der Waals surface area contributed by atoms with E-state index in [-0.39, 0.29) is 0 Å². The summed E-state index contributed by atoms with van der Waals surface area (Å²) in [6.07, 6.45) is 24.1. The van der Waals surface area contributed by atoms with Crippen molar-refractivity contribution in [1.82, 2.24) is 20.0 Å². The van der Waals surface area contributed by atoms with Gasteiger partial charge in [-0.15, -0.1) is 0 Å². The molecule has 210 valence electrons. The fourth-order valence-corrected chi connectivity index (χ4v) is 5.43. The number of rotatable bonds is 26. The lowest BCUT2D eigenvalue weighted by molar-refractivity contribution is 0.133. The first kappa shape index (κ1) is 32.9. The zero-order valence-electron chi connectivity index (χ0n) is 24.6. The summed E-state index contributed by atoms with van der Waals surface area (Å²) in [5, 5.41) is 3.76. The minimum atomic E-state index is 1.15. The summed E-state index contributed by atoms with van der Waals surface area (Å²) in [6, 6.07) is 0. The van der Waals surface area contributed by atoms with Crippen LogP contribution in [0.2, 0.25) is 0 Å². The maximum Gasteiger partial charge on any atom is 0.0110 e. The maximum absolute atomic E-state index is 3.76. The molecule has 0 atom stereocenters. The van der Waals surface area contributed by atoms with Crippen LogP contribution in [0.5, 0.6) is 0 Å². The molecule has 0 aliphatic carbocycles. The van der Waals surface area contributed by atoms with Gasteiger partial charge in [-0.1, -0.05) is 111 Å². The zero-order chi connectivity index (χ0) is 25.2. The number of piperazine rings is 1. The monoisotopic (exact) mass is 495 g/mol. The Morgan fingerprint density at radius 3 is 1.34 bits per heavy atom. The minimum absolute atomic E-state index is 1.15. The number of nitrogens with zero attached hydrogens (tertiary/aromatic N) is 3. The van der Waals surface area contributed by atoms with Gasteiger partial charge in [0, 0.05) is 52.4 Å². The van der Waals surface area contributed by atoms with Crippen molar-refractivity contribution in [2.24, 2.45) is 0 Å². The second-order valence-electron chi connectivity index (χ2n) is 11.2. The SMILES string of the molecule is CCCCCCCCCCN(CCCCCCCCCC)CCNCCN1CCN(CCC)CC1. The number of hydrogen-bond donors (Lipinski definition) is 1. The molecule has 1 N–H and O–H groups in total. The summed E-state index contributed by atoms with van der Waals surface area (Å²) in [5.74, 6) is 0. The van der Waals surface area contributed by atoms with Crippen molar-refractivity contribution in [3.63, 3.8) is 0 Å². The van der Waals surface area contributed by atoms with Crippen LogP contribution in [0.15, 0.2) is 0 Å². The average Bonchev–Trinajstić information content (AvgIpc) is 2.87. The Labute approximate surface area is 222 Å². The highest BCUT2D eigenvalue weighted by molar-refractivity contribution is 4.72. The largest absolute Gasteiger partial charge is 0.314 e. The highest BCUT2D eigenvalue weighted by Crippen LogP contribution is 2.11. The summed E-state index contributed by atoms with van der Waals surface area (Å²) < 4.78 is 0. The first-order valence-electron chi connectivity index (χ1n) is 16.2. The van der Waals surface area contributed by atoms with Crippen molar-refractivity contribution in [2.75, 3.05) is 72.0 Å². The predicted molar refractivity (Wildman–Crippen MR) is 158 cm³/mol. The third kappa shape index (κ3) is 20.6. The van der Waals surface area contributed by atoms with Gasteiger partial charge in [0.2, 0.25) is 0 Å². The Balaban J connectivity index is 2.13. The van der Waals surface area contributed by atoms with Gasteiger partial charge in [0.15, 0.2) is 0 Å². The van der Waals surface area contributed by atoms with Crippen molar-refractivity contribution in [1.29, 1.82) is 0 Å². The summed E-state index contributed by atoms with van der Waals surface area (Å²) in [7, 11) is 0. The van der Waals surface area contributed by atoms with Gasteiger partial charge in [-0.3, -0.25) is 4.90 Å². The topological polar surface area (TPSA) is 21.8 Å². The van der Waals surface area contributed by atoms with Crippen LogP contribution >= 0.6 is 0 Å². The molecule has 0 bridgehead atoms. The van der Waals surface area contributed by atoms with Crippen LogP contribution in [0.3, 0.4) is 0 Å². The predicted octanol–water partition coefficient (Wildman–Crippen LogP) is 7.19. The Morgan fingerprint density at radius 1 is 0.457 bits per heavy atom. The standard InChI is InChI=1S/C31H66N4/c1-4-7-9-11-13-15-17-19-24-34(25-20-18-16-14-12-10-8-5-2)26-21-32-22-27-35-30-28-33(23-6-3)29-31-35/h32H,4-31H2,1-3H3. The number of unbranched alkanes of at least 4 members (excludes halogenated alkanes) is 14. The smallest absolute Gasteiger partial charge is 0.0110 e. The zero-order valence-corrected chi connectivity index (χ0v) is 24.6. The van der Waals surface area contributed by atoms with Gasteiger partial charge in [0.25, 0.3) is 0 Å². The number of nitrogens with one attached hydrogen (secondary N) is 1. The fourth-order valence-electron chi connectivity index (χ4n) is 5.43. The molecule has 1 saturated heterocycles. The van der Waals surface area contributed by atoms with Crippen molar-refractivity contribution in [3.8, 4) is 0 Å². The quantitative estimate of drug-likeness (QED) is 0.128. The molecule has 1 heterocycles. The molecule has 1 fully saturated rings. The molecule has 0 radical (unpaired) electrons. The summed E-state index contributed by atoms with van der Waals surface area (Å²) in [4.78, 5) is 8.04. The van der Waals surface area contributed by atoms with Gasteiger partial charge < -0.3 is 15.1 Å². The molecule has 0 aromatic rings. The van der Waals surface area contributed by atoms with Gasteiger partial charge in [0.05, 0.1) is 0 Å². The van der Waals surface area contributed by atoms with E-state index < -0.39 is 0 Å². The lowest BCUT2D eigenvalue weighted by Crippen LogP contribution is -2.48. The van der Waals surface area contributed by atoms with Crippen LogP contribution in [0.1, 0.15) is 130 Å². The summed E-state index contributed by atoms with van der Waals surface area (Å²) >= 11 is 0. The second kappa shape index (κ2) is 25.5. The van der Waals surface area contributed by atoms with E-state index in [2.05, 4.69) is 40.8 Å². The Morgan fingerprint density at radius 2 is 0.886 bits per heavy atom. The average molecular weight is 495 g/mol. The highest BCUT2D eigenvalue weighted by Gasteiger charge is 2.15. The molecule has 0 aromatic carbocycles. The van der Waals surface area contributed by atoms with Crippen LogP contribution in [0, 0.1) is 0 Å². The molecule has 0 spiro atoms. The van der Waals surface area contributed by atoms with E-state index in [4.69, 9.17) is 0 Å². The van der Waals surface area contributed by atoms with Gasteiger partial charge in [-0.2, -0.15) is 0 Å². The van der Waals surface area contributed by atoms with E-state index >= 15 is 0 Å². The Bertz CT molecular complexity index is 389. The van der Waals surface area contributed by atoms with E-state index in [0.29, 0.717) is 0 Å². The van der Waals surface area contributed by atoms with Crippen molar-refractivity contribution < 1.29 is 0 Å². The van der Waals surface area contributed by atoms with Crippen LogP contribution in [0.4, 0.5) is 0 Å². The first-order chi connectivity index (χ1) is 17.3. The minimum Gasteiger partial charge on any atom is -0.314 e. The molecular weight excluding hydrogens is 428 g/mol. The van der Waals surface area contributed by atoms with Crippen molar-refractivity contribution >= 4 is 0 Å². The molecular formula is C31H66N4. The molecule has 35 heavy (non-hydrogen) atoms. The van der Waals surface area contributed by atoms with Gasteiger partial charge in [-0.25, -0.2) is 0 Å². The lowest BCUT2D eigenvalue weighted by Gasteiger charge is -2.34. The first-order valence-corrected chi connectivity index (χ1v) is 16.2. The molecule has 0 aromatic heterocycles. The van der Waals surface area contributed by atoms with Crippen LogP contribution in [-0.2, 0) is 0 Å². The fraction of sp³-hybridized carbons (Fsp3) is 1.00. The molecule has 0 unspecified atom stereocenters. The normalized spacial score (nSPS) is 15.4. The second-order valence-corrected chi connectivity index (χ2v) is 11.2.